The molecule has 724 valence electrons. The minimum absolute atomic E-state index is 0.0911. The van der Waals surface area contributed by atoms with E-state index >= 15 is 0 Å². The lowest BCUT2D eigenvalue weighted by Crippen LogP contribution is -2.31. The van der Waals surface area contributed by atoms with Crippen molar-refractivity contribution < 1.29 is 273 Å². The van der Waals surface area contributed by atoms with Gasteiger partial charge >= 0.3 is 18.0 Å². The van der Waals surface area contributed by atoms with Gasteiger partial charge in [-0.2, -0.15) is 0 Å². The molecule has 1 aliphatic carbocycles. The molecule has 1 unspecified atom stereocenters. The highest BCUT2D eigenvalue weighted by molar-refractivity contribution is 7.45. The van der Waals surface area contributed by atoms with E-state index in [1.165, 1.54) is 152 Å². The molecule has 2 amide bonds. The third-order valence-electron chi connectivity index (χ3n) is 15.8. The van der Waals surface area contributed by atoms with Crippen molar-refractivity contribution in [3.63, 3.8) is 0 Å². The first-order valence-electron chi connectivity index (χ1n) is 39.1. The number of phosphoric acid groups is 1. The average Bonchev–Trinajstić information content (AvgIpc) is 0.821. The van der Waals surface area contributed by atoms with E-state index in [1.54, 1.807) is 13.0 Å². The number of rotatable bonds is 95. The number of allylic oxidation sites excluding steroid dienone is 9. The van der Waals surface area contributed by atoms with Crippen molar-refractivity contribution in [1.29, 1.82) is 0 Å². The summed E-state index contributed by atoms with van der Waals surface area (Å²) in [5.41, 5.74) is 4.66. The molecular formula is C66H114N2O55P-. The van der Waals surface area contributed by atoms with Crippen LogP contribution in [-0.2, 0) is 264 Å². The maximum atomic E-state index is 12.9. The third kappa shape index (κ3) is 83.2. The normalized spacial score (nSPS) is 14.0. The molecule has 2 N–H and O–H groups in total. The molecule has 0 aromatic rings. The van der Waals surface area contributed by atoms with Gasteiger partial charge in [0.25, 0.3) is 7.82 Å². The smallest absolute Gasteiger partial charge is 0.407 e. The average molecular weight is 1850 g/mol. The Kier molecular flexibility index (Phi) is 83.8. The van der Waals surface area contributed by atoms with Gasteiger partial charge in [-0.3, -0.25) is 18.9 Å². The Morgan fingerprint density at radius 3 is 1.18 bits per heavy atom. The second-order valence-electron chi connectivity index (χ2n) is 25.8. The summed E-state index contributed by atoms with van der Waals surface area (Å²) in [6, 6.07) is 0. The lowest BCUT2D eigenvalue weighted by Gasteiger charge is -2.32. The van der Waals surface area contributed by atoms with Crippen LogP contribution in [-0.4, -0.2) is 69.6 Å². The molecule has 0 saturated heterocycles. The predicted molar refractivity (Wildman–Crippen MR) is 375 cm³/mol. The molecule has 0 bridgehead atoms. The van der Waals surface area contributed by atoms with Crippen molar-refractivity contribution in [2.45, 2.75) is 279 Å². The minimum atomic E-state index is -5.02. The molecule has 0 aromatic heterocycles. The fraction of sp³-hybridized carbons (Fsp3) is 0.758. The van der Waals surface area contributed by atoms with E-state index in [2.05, 4.69) is 279 Å². The largest absolute Gasteiger partial charge is 0.756 e. The zero-order valence-corrected chi connectivity index (χ0v) is 70.5. The van der Waals surface area contributed by atoms with E-state index in [1.807, 2.05) is 19.1 Å². The molecular weight excluding hydrogens is 1730 g/mol. The second kappa shape index (κ2) is 89.3. The topological polar surface area (TPSA) is 585 Å². The zero-order valence-electron chi connectivity index (χ0n) is 69.6. The van der Waals surface area contributed by atoms with Crippen LogP contribution in [0.25, 0.3) is 0 Å². The maximum Gasteiger partial charge on any atom is 0.407 e. The van der Waals surface area contributed by atoms with Gasteiger partial charge in [0.2, 0.25) is 5.91 Å². The van der Waals surface area contributed by atoms with E-state index in [0.717, 1.165) is 82.2 Å². The quantitative estimate of drug-likeness (QED) is 0.00657. The first-order valence-corrected chi connectivity index (χ1v) is 40.6. The van der Waals surface area contributed by atoms with Crippen LogP contribution >= 0.6 is 7.82 Å². The number of nitrogens with one attached hydrogen (secondary N) is 2. The molecule has 0 spiro atoms. The Balaban J connectivity index is 1.93. The van der Waals surface area contributed by atoms with Crippen LogP contribution in [0.15, 0.2) is 71.2 Å². The molecule has 57 nitrogen and oxygen atoms in total. The summed E-state index contributed by atoms with van der Waals surface area (Å²) in [5.74, 6) is -1.57. The molecule has 0 aliphatic heterocycles. The minimum Gasteiger partial charge on any atom is -0.756 e. The van der Waals surface area contributed by atoms with E-state index < -0.39 is 70.9 Å². The number of alkyl carbamates (subject to hydrolysis) is 1. The number of ether oxygens (including phenoxy) is 3. The fourth-order valence-corrected chi connectivity index (χ4v) is 11.0. The highest BCUT2D eigenvalue weighted by Crippen LogP contribution is 2.41. The number of esters is 2. The van der Waals surface area contributed by atoms with Crippen molar-refractivity contribution in [3.05, 3.63) is 71.2 Å². The molecule has 0 saturated carbocycles. The molecule has 1 rings (SSSR count). The van der Waals surface area contributed by atoms with Crippen LogP contribution in [0.5, 0.6) is 0 Å². The molecule has 124 heavy (non-hydrogen) atoms. The number of carbonyl (C=O) groups is 4. The Hall–Kier alpha value is -5.69. The van der Waals surface area contributed by atoms with Crippen LogP contribution in [0.4, 0.5) is 4.79 Å². The first-order chi connectivity index (χ1) is 60.6. The van der Waals surface area contributed by atoms with Crippen molar-refractivity contribution in [1.82, 2.24) is 10.6 Å². The van der Waals surface area contributed by atoms with Crippen molar-refractivity contribution in [2.75, 3.05) is 39.6 Å². The molecule has 0 heterocycles. The Labute approximate surface area is 709 Å². The van der Waals surface area contributed by atoms with Crippen LogP contribution in [0.2, 0.25) is 0 Å². The number of hydrogen-bond donors (Lipinski definition) is 2. The summed E-state index contributed by atoms with van der Waals surface area (Å²) in [7, 11) is -5.02. The number of hydrogen-bond acceptors (Lipinski definition) is 55. The van der Waals surface area contributed by atoms with E-state index in [9.17, 15) is 28.6 Å². The van der Waals surface area contributed by atoms with Crippen molar-refractivity contribution >= 4 is 31.8 Å². The Morgan fingerprint density at radius 1 is 0.427 bits per heavy atom. The Bertz CT molecular complexity index is 2730. The Morgan fingerprint density at radius 2 is 0.790 bits per heavy atom. The van der Waals surface area contributed by atoms with Gasteiger partial charge in [-0.05, 0) is 110 Å². The maximum absolute atomic E-state index is 12.9. The van der Waals surface area contributed by atoms with Gasteiger partial charge in [0.15, 0.2) is 6.10 Å². The molecule has 0 fully saturated rings. The summed E-state index contributed by atoms with van der Waals surface area (Å²) in [6.07, 6.45) is 49.6. The summed E-state index contributed by atoms with van der Waals surface area (Å²) >= 11 is 0. The number of amides is 2. The summed E-state index contributed by atoms with van der Waals surface area (Å²) < 4.78 is 38.1. The van der Waals surface area contributed by atoms with E-state index in [4.69, 9.17) is 23.3 Å². The van der Waals surface area contributed by atoms with Crippen molar-refractivity contribution in [3.8, 4) is 0 Å². The van der Waals surface area contributed by atoms with Gasteiger partial charge in [0.05, 0.1) is 13.2 Å². The summed E-state index contributed by atoms with van der Waals surface area (Å²) in [5, 5.41) is 158. The highest BCUT2D eigenvalue weighted by atomic mass is 31.2. The zero-order chi connectivity index (χ0) is 89.9. The molecule has 2 atom stereocenters. The standard InChI is InChI=1S/C66H115N2O55P/c1-8-10-12-14-16-18-20-22-24-26-28-30-32-34-36-43-63(70)76-55-60(81-64(71)44-37-35-33-31-29-27-25-23-21-19-17-15-13-11-9-2)56-80-124(73,74)79-51-49-68-65(72)75-52-53-78-83-85-87-89-91-93-95-97-99-101-103-105-107-109-111-113-115-117-119-121-123-122-120-118-116-114-112-110-108-106-104-102-100-98-96-94-92-90-88-86-84-82-77-50-48-67-62(69)54-58(4)41-38-40-57(3)45-46-61-59(5)42-39-47-66(61,6)7/h38,40-41,45-46,48,50,54,60H,8-37,39,42-44,47,49,51-53,55-56H2,1-7H3,(H,67,69)(H,68,72)(H,73,74)/p-1/b41-38+,46-45+,50-48-,57-40+,58-54+/t60-/m1/s1. The number of unbranched alkanes of at least 4 members (excludes halogenated alkanes) is 28. The van der Waals surface area contributed by atoms with Gasteiger partial charge in [-0.25, -0.2) is 9.68 Å². The SMILES string of the molecule is CCCCCCCCCCCCCCCCCC(=O)OC[C@H](COP(=O)([O-])OCCNC(=O)OCCOOOOOOOOOOOOOOOOOOOOOOOOOOOOOOOOOOOOOOOOOOOO/C=C\NC(=O)/C=C(C)/C=C/C=C(C)/C=C/C1=C(C)CCCC1(C)C)OC(=O)CCCCCCCCCCCCCCCCC. The molecule has 0 radical (unpaired) electrons. The summed E-state index contributed by atoms with van der Waals surface area (Å²) in [6.45, 7) is 11.9. The highest BCUT2D eigenvalue weighted by Gasteiger charge is 2.27. The van der Waals surface area contributed by atoms with Gasteiger partial charge in [-0.15, -0.1) is 0 Å². The van der Waals surface area contributed by atoms with Crippen LogP contribution < -0.4 is 15.5 Å². The third-order valence-corrected chi connectivity index (χ3v) is 16.8. The van der Waals surface area contributed by atoms with Gasteiger partial charge in [0, 0.05) is 203 Å². The predicted octanol–water partition coefficient (Wildman–Crippen LogP) is 14.4. The molecule has 1 aliphatic rings. The van der Waals surface area contributed by atoms with E-state index in [0.29, 0.717) is 18.4 Å². The van der Waals surface area contributed by atoms with Gasteiger partial charge in [0.1, 0.15) is 26.1 Å². The van der Waals surface area contributed by atoms with Crippen LogP contribution in [0.1, 0.15) is 273 Å². The number of phosphoric ester groups is 1. The van der Waals surface area contributed by atoms with Gasteiger partial charge in [-0.1, -0.05) is 249 Å². The van der Waals surface area contributed by atoms with Crippen molar-refractivity contribution in [2.24, 2.45) is 5.41 Å². The monoisotopic (exact) mass is 1850 g/mol. The summed E-state index contributed by atoms with van der Waals surface area (Å²) in [4.78, 5) is 71.0. The lowest BCUT2D eigenvalue weighted by atomic mass is 9.72. The second-order valence-corrected chi connectivity index (χ2v) is 27.3. The van der Waals surface area contributed by atoms with Crippen LogP contribution in [0.3, 0.4) is 0 Å². The van der Waals surface area contributed by atoms with Gasteiger partial charge < -0.3 is 43.7 Å². The van der Waals surface area contributed by atoms with E-state index in [-0.39, 0.29) is 24.8 Å². The molecule has 0 aromatic carbocycles. The molecule has 58 heteroatoms. The van der Waals surface area contributed by atoms with Crippen LogP contribution in [0, 0.1) is 5.41 Å². The fourth-order valence-electron chi connectivity index (χ4n) is 10.3. The lowest BCUT2D eigenvalue weighted by molar-refractivity contribution is -0.909. The first kappa shape index (κ1) is 116. The number of carbonyl (C=O) groups excluding carboxylic acids is 4.